The standard InChI is InChI=1S/C16H10ClN5S4/c17-13-5-14(20-9-19-13)22-21-7-11-2-1-10(6-18-11)12-8-25-16(26-12)15-23-3-4-24-15/h1-9H,(H,19,20,22)/b21-7-. The van der Waals surface area contributed by atoms with Crippen LogP contribution >= 0.6 is 58.6 Å². The van der Waals surface area contributed by atoms with Crippen LogP contribution in [0.15, 0.2) is 60.5 Å². The molecule has 0 saturated carbocycles. The van der Waals surface area contributed by atoms with E-state index in [1.165, 1.54) is 19.7 Å². The van der Waals surface area contributed by atoms with Crippen molar-refractivity contribution < 1.29 is 0 Å². The maximum atomic E-state index is 5.80. The van der Waals surface area contributed by atoms with Gasteiger partial charge in [0.15, 0.2) is 5.82 Å². The van der Waals surface area contributed by atoms with Gasteiger partial charge in [0.25, 0.3) is 0 Å². The van der Waals surface area contributed by atoms with Gasteiger partial charge in [-0.25, -0.2) is 9.97 Å². The molecule has 2 aromatic rings. The minimum atomic E-state index is 0.361. The third-order valence-electron chi connectivity index (χ3n) is 3.13. The summed E-state index contributed by atoms with van der Waals surface area (Å²) >= 11 is 12.9. The highest BCUT2D eigenvalue weighted by Crippen LogP contribution is 2.55. The van der Waals surface area contributed by atoms with Crippen LogP contribution in [0.1, 0.15) is 11.3 Å². The van der Waals surface area contributed by atoms with Gasteiger partial charge in [0.1, 0.15) is 11.5 Å². The molecule has 0 radical (unpaired) electrons. The molecular formula is C16H10ClN5S4. The first-order valence-corrected chi connectivity index (χ1v) is 11.1. The van der Waals surface area contributed by atoms with Crippen LogP contribution in [0.3, 0.4) is 0 Å². The molecule has 4 heterocycles. The minimum Gasteiger partial charge on any atom is -0.261 e. The lowest BCUT2D eigenvalue weighted by Crippen LogP contribution is -1.95. The molecule has 5 nitrogen and oxygen atoms in total. The van der Waals surface area contributed by atoms with E-state index in [0.717, 1.165) is 11.3 Å². The molecule has 2 aromatic heterocycles. The van der Waals surface area contributed by atoms with Crippen molar-refractivity contribution in [1.29, 1.82) is 0 Å². The Hall–Kier alpha value is -1.39. The van der Waals surface area contributed by atoms with Crippen LogP contribution in [0.4, 0.5) is 5.82 Å². The number of halogens is 1. The number of aromatic nitrogens is 3. The Kier molecular flexibility index (Phi) is 5.91. The lowest BCUT2D eigenvalue weighted by Gasteiger charge is -2.03. The van der Waals surface area contributed by atoms with Gasteiger partial charge in [0.2, 0.25) is 0 Å². The van der Waals surface area contributed by atoms with Gasteiger partial charge >= 0.3 is 0 Å². The van der Waals surface area contributed by atoms with Crippen LogP contribution in [-0.2, 0) is 0 Å². The van der Waals surface area contributed by atoms with Crippen molar-refractivity contribution >= 4 is 75.6 Å². The summed E-state index contributed by atoms with van der Waals surface area (Å²) in [4.78, 5) is 13.5. The molecule has 0 fully saturated rings. The van der Waals surface area contributed by atoms with Gasteiger partial charge in [-0.1, -0.05) is 64.7 Å². The fourth-order valence-electron chi connectivity index (χ4n) is 1.96. The van der Waals surface area contributed by atoms with Gasteiger partial charge in [-0.3, -0.25) is 10.4 Å². The van der Waals surface area contributed by atoms with Crippen LogP contribution in [-0.4, -0.2) is 21.2 Å². The topological polar surface area (TPSA) is 63.1 Å². The van der Waals surface area contributed by atoms with E-state index in [1.54, 1.807) is 59.3 Å². The Morgan fingerprint density at radius 3 is 2.69 bits per heavy atom. The first kappa shape index (κ1) is 18.0. The average molecular weight is 436 g/mol. The highest BCUT2D eigenvalue weighted by molar-refractivity contribution is 8.35. The van der Waals surface area contributed by atoms with Crippen molar-refractivity contribution in [3.8, 4) is 0 Å². The van der Waals surface area contributed by atoms with Crippen LogP contribution in [0.25, 0.3) is 4.91 Å². The number of hydrogen-bond acceptors (Lipinski definition) is 9. The van der Waals surface area contributed by atoms with Gasteiger partial charge in [-0.2, -0.15) is 5.10 Å². The number of thioether (sulfide) groups is 4. The second-order valence-corrected chi connectivity index (χ2v) is 9.52. The smallest absolute Gasteiger partial charge is 0.151 e. The Morgan fingerprint density at radius 1 is 1.04 bits per heavy atom. The van der Waals surface area contributed by atoms with E-state index in [0.29, 0.717) is 11.0 Å². The summed E-state index contributed by atoms with van der Waals surface area (Å²) in [6, 6.07) is 5.58. The van der Waals surface area contributed by atoms with Crippen LogP contribution in [0.2, 0.25) is 5.15 Å². The molecule has 0 unspecified atom stereocenters. The van der Waals surface area contributed by atoms with Gasteiger partial charge in [0, 0.05) is 22.7 Å². The van der Waals surface area contributed by atoms with E-state index in [9.17, 15) is 0 Å². The highest BCUT2D eigenvalue weighted by atomic mass is 35.5. The van der Waals surface area contributed by atoms with E-state index < -0.39 is 0 Å². The summed E-state index contributed by atoms with van der Waals surface area (Å²) < 4.78 is 2.68. The monoisotopic (exact) mass is 435 g/mol. The molecule has 0 spiro atoms. The molecule has 10 heteroatoms. The molecule has 0 atom stereocenters. The van der Waals surface area contributed by atoms with Gasteiger partial charge in [-0.05, 0) is 22.3 Å². The lowest BCUT2D eigenvalue weighted by atomic mass is 10.2. The summed E-state index contributed by atoms with van der Waals surface area (Å²) in [5, 5.41) is 10.9. The summed E-state index contributed by atoms with van der Waals surface area (Å²) in [5.41, 5.74) is 4.65. The quantitative estimate of drug-likeness (QED) is 0.365. The number of rotatable bonds is 4. The zero-order valence-corrected chi connectivity index (χ0v) is 17.0. The number of nitrogens with one attached hydrogen (secondary N) is 1. The molecule has 2 aliphatic heterocycles. The number of anilines is 1. The van der Waals surface area contributed by atoms with Crippen molar-refractivity contribution in [3.05, 3.63) is 71.8 Å². The Labute approximate surface area is 172 Å². The second-order valence-electron chi connectivity index (χ2n) is 4.85. The van der Waals surface area contributed by atoms with E-state index in [-0.39, 0.29) is 0 Å². The van der Waals surface area contributed by atoms with Crippen molar-refractivity contribution in [2.45, 2.75) is 0 Å². The largest absolute Gasteiger partial charge is 0.261 e. The van der Waals surface area contributed by atoms with Crippen molar-refractivity contribution in [2.24, 2.45) is 5.10 Å². The molecule has 0 saturated heterocycles. The number of hydrazone groups is 1. The van der Waals surface area contributed by atoms with Crippen molar-refractivity contribution in [1.82, 2.24) is 15.0 Å². The van der Waals surface area contributed by atoms with E-state index >= 15 is 0 Å². The molecule has 4 rings (SSSR count). The first-order valence-electron chi connectivity index (χ1n) is 7.28. The number of pyridine rings is 1. The number of hydrogen-bond donors (Lipinski definition) is 1. The zero-order valence-electron chi connectivity index (χ0n) is 13.0. The van der Waals surface area contributed by atoms with Crippen molar-refractivity contribution in [2.75, 3.05) is 5.43 Å². The summed E-state index contributed by atoms with van der Waals surface area (Å²) in [7, 11) is 0. The Morgan fingerprint density at radius 2 is 1.92 bits per heavy atom. The van der Waals surface area contributed by atoms with Crippen molar-refractivity contribution in [3.63, 3.8) is 0 Å². The van der Waals surface area contributed by atoms with Crippen LogP contribution in [0.5, 0.6) is 0 Å². The second kappa shape index (κ2) is 8.53. The van der Waals surface area contributed by atoms with Gasteiger partial charge < -0.3 is 0 Å². The van der Waals surface area contributed by atoms with E-state index in [1.807, 2.05) is 12.3 Å². The molecule has 0 amide bonds. The first-order chi connectivity index (χ1) is 12.8. The maximum Gasteiger partial charge on any atom is 0.151 e. The molecule has 130 valence electrons. The number of nitrogens with zero attached hydrogens (tertiary/aromatic N) is 4. The van der Waals surface area contributed by atoms with Crippen LogP contribution in [0, 0.1) is 0 Å². The molecule has 0 aromatic carbocycles. The molecule has 26 heavy (non-hydrogen) atoms. The molecule has 1 N–H and O–H groups in total. The molecule has 0 aliphatic carbocycles. The fourth-order valence-corrected chi connectivity index (χ4v) is 6.58. The Bertz CT molecular complexity index is 930. The normalized spacial score (nSPS) is 16.6. The minimum absolute atomic E-state index is 0.361. The summed E-state index contributed by atoms with van der Waals surface area (Å²) in [6.07, 6.45) is 4.87. The maximum absolute atomic E-state index is 5.80. The molecule has 0 bridgehead atoms. The summed E-state index contributed by atoms with van der Waals surface area (Å²) in [6.45, 7) is 0. The molecule has 2 aliphatic rings. The van der Waals surface area contributed by atoms with E-state index in [2.05, 4.69) is 47.8 Å². The molecular weight excluding hydrogens is 426 g/mol. The third kappa shape index (κ3) is 4.47. The van der Waals surface area contributed by atoms with Crippen LogP contribution < -0.4 is 5.43 Å². The predicted octanol–water partition coefficient (Wildman–Crippen LogP) is 5.83. The van der Waals surface area contributed by atoms with Gasteiger partial charge in [0.05, 0.1) is 20.4 Å². The fraction of sp³-hybridized carbons (Fsp3) is 0. The van der Waals surface area contributed by atoms with E-state index in [4.69, 9.17) is 11.6 Å². The Balaban J connectivity index is 1.38. The predicted molar refractivity (Wildman–Crippen MR) is 117 cm³/mol. The van der Waals surface area contributed by atoms with Gasteiger partial charge in [-0.15, -0.1) is 0 Å². The lowest BCUT2D eigenvalue weighted by molar-refractivity contribution is 1.14. The average Bonchev–Trinajstić information content (AvgIpc) is 3.34. The summed E-state index contributed by atoms with van der Waals surface area (Å²) in [5.74, 6) is 0.528. The SMILES string of the molecule is Clc1cc(N/N=C\c2ccc(C3=CSC(=C4SC=CS4)S3)cn2)ncn1. The third-order valence-corrected chi connectivity index (χ3v) is 8.41. The highest BCUT2D eigenvalue weighted by Gasteiger charge is 2.19. The zero-order chi connectivity index (χ0) is 17.8.